The Balaban J connectivity index is 2.81. The third-order valence-electron chi connectivity index (χ3n) is 1.97. The lowest BCUT2D eigenvalue weighted by molar-refractivity contribution is -0.126. The number of hydrogen-bond acceptors (Lipinski definition) is 3. The molecule has 4 heteroatoms. The number of Topliss-reactive ketones (excluding diaryl/α,β-unsaturated/α-hetero) is 1. The van der Waals surface area contributed by atoms with Gasteiger partial charge in [0.05, 0.1) is 6.54 Å². The molecule has 0 spiro atoms. The Hall–Kier alpha value is -1.63. The van der Waals surface area contributed by atoms with Crippen molar-refractivity contribution in [3.05, 3.63) is 18.2 Å². The Morgan fingerprint density at radius 1 is 1.64 bits per heavy atom. The van der Waals surface area contributed by atoms with Crippen molar-refractivity contribution in [1.29, 1.82) is 5.26 Å². The fraction of sp³-hybridized carbons (Fsp3) is 0.500. The highest BCUT2D eigenvalue weighted by molar-refractivity contribution is 5.83. The van der Waals surface area contributed by atoms with Crippen LogP contribution in [0.25, 0.3) is 0 Å². The molecule has 0 saturated heterocycles. The molecule has 1 aromatic rings. The van der Waals surface area contributed by atoms with E-state index in [2.05, 4.69) is 4.98 Å². The highest BCUT2D eigenvalue weighted by atomic mass is 16.1. The third-order valence-corrected chi connectivity index (χ3v) is 1.97. The molecule has 0 fully saturated rings. The van der Waals surface area contributed by atoms with E-state index in [0.717, 1.165) is 0 Å². The van der Waals surface area contributed by atoms with E-state index in [4.69, 9.17) is 5.26 Å². The van der Waals surface area contributed by atoms with Gasteiger partial charge in [0, 0.05) is 17.8 Å². The molecular formula is C10H13N3O. The van der Waals surface area contributed by atoms with Crippen molar-refractivity contribution in [2.75, 3.05) is 0 Å². The van der Waals surface area contributed by atoms with Gasteiger partial charge in [-0.05, 0) is 0 Å². The summed E-state index contributed by atoms with van der Waals surface area (Å²) in [5, 5.41) is 8.68. The summed E-state index contributed by atoms with van der Waals surface area (Å²) in [6.07, 6.45) is 3.16. The number of imidazole rings is 1. The molecule has 0 aromatic carbocycles. The number of nitrogens with zero attached hydrogens (tertiary/aromatic N) is 3. The Morgan fingerprint density at radius 3 is 2.79 bits per heavy atom. The lowest BCUT2D eigenvalue weighted by Gasteiger charge is -2.16. The summed E-state index contributed by atoms with van der Waals surface area (Å²) < 4.78 is 1.56. The lowest BCUT2D eigenvalue weighted by Crippen LogP contribution is -2.25. The van der Waals surface area contributed by atoms with Crippen LogP contribution < -0.4 is 0 Å². The van der Waals surface area contributed by atoms with Crippen molar-refractivity contribution in [3.8, 4) is 6.07 Å². The van der Waals surface area contributed by atoms with E-state index in [9.17, 15) is 4.79 Å². The van der Waals surface area contributed by atoms with Crippen LogP contribution in [0.4, 0.5) is 0 Å². The van der Waals surface area contributed by atoms with Gasteiger partial charge < -0.3 is 4.57 Å². The summed E-state index contributed by atoms with van der Waals surface area (Å²) >= 11 is 0. The molecule has 0 bridgehead atoms. The summed E-state index contributed by atoms with van der Waals surface area (Å²) in [5.41, 5.74) is -0.378. The summed E-state index contributed by atoms with van der Waals surface area (Å²) in [6.45, 7) is 5.79. The number of rotatable bonds is 2. The summed E-state index contributed by atoms with van der Waals surface area (Å²) in [4.78, 5) is 15.5. The smallest absolute Gasteiger partial charge is 0.213 e. The van der Waals surface area contributed by atoms with Crippen molar-refractivity contribution in [3.63, 3.8) is 0 Å². The predicted molar refractivity (Wildman–Crippen MR) is 51.4 cm³/mol. The van der Waals surface area contributed by atoms with Crippen LogP contribution in [0.5, 0.6) is 0 Å². The summed E-state index contributed by atoms with van der Waals surface area (Å²) in [6, 6.07) is 1.93. The van der Waals surface area contributed by atoms with Crippen molar-refractivity contribution >= 4 is 5.78 Å². The van der Waals surface area contributed by atoms with E-state index >= 15 is 0 Å². The largest absolute Gasteiger partial charge is 0.315 e. The number of nitriles is 1. The summed E-state index contributed by atoms with van der Waals surface area (Å²) in [5.74, 6) is 0.370. The van der Waals surface area contributed by atoms with Crippen molar-refractivity contribution in [1.82, 2.24) is 9.55 Å². The van der Waals surface area contributed by atoms with Gasteiger partial charge in [-0.2, -0.15) is 5.26 Å². The first-order valence-corrected chi connectivity index (χ1v) is 4.39. The maximum Gasteiger partial charge on any atom is 0.213 e. The lowest BCUT2D eigenvalue weighted by atomic mass is 9.91. The van der Waals surface area contributed by atoms with E-state index in [0.29, 0.717) is 0 Å². The van der Waals surface area contributed by atoms with E-state index < -0.39 is 0 Å². The molecule has 0 amide bonds. The number of carbonyl (C=O) groups is 1. The van der Waals surface area contributed by atoms with Crippen LogP contribution in [0.1, 0.15) is 26.6 Å². The Morgan fingerprint density at radius 2 is 2.29 bits per heavy atom. The zero-order valence-electron chi connectivity index (χ0n) is 8.61. The quantitative estimate of drug-likeness (QED) is 0.709. The number of carbonyl (C=O) groups excluding carboxylic acids is 1. The van der Waals surface area contributed by atoms with E-state index in [1.165, 1.54) is 6.20 Å². The number of ketones is 1. The molecule has 0 N–H and O–H groups in total. The van der Waals surface area contributed by atoms with Crippen LogP contribution in [0.2, 0.25) is 0 Å². The molecule has 0 saturated carbocycles. The highest BCUT2D eigenvalue weighted by Gasteiger charge is 2.21. The molecule has 0 aliphatic carbocycles. The molecule has 0 radical (unpaired) electrons. The van der Waals surface area contributed by atoms with Crippen LogP contribution in [-0.4, -0.2) is 15.3 Å². The second-order valence-corrected chi connectivity index (χ2v) is 4.16. The van der Waals surface area contributed by atoms with Gasteiger partial charge in [0.2, 0.25) is 5.82 Å². The van der Waals surface area contributed by atoms with Gasteiger partial charge in [-0.15, -0.1) is 0 Å². The Labute approximate surface area is 83.2 Å². The minimum Gasteiger partial charge on any atom is -0.315 e. The molecule has 0 aliphatic rings. The molecule has 4 nitrogen and oxygen atoms in total. The second kappa shape index (κ2) is 3.62. The van der Waals surface area contributed by atoms with Gasteiger partial charge >= 0.3 is 0 Å². The normalized spacial score (nSPS) is 11.0. The first-order valence-electron chi connectivity index (χ1n) is 4.39. The molecule has 14 heavy (non-hydrogen) atoms. The topological polar surface area (TPSA) is 58.7 Å². The zero-order chi connectivity index (χ0) is 10.8. The fourth-order valence-electron chi connectivity index (χ4n) is 0.942. The van der Waals surface area contributed by atoms with Gasteiger partial charge in [0.15, 0.2) is 5.78 Å². The average Bonchev–Trinajstić information content (AvgIpc) is 2.50. The molecule has 74 valence electrons. The minimum absolute atomic E-state index is 0.0898. The average molecular weight is 191 g/mol. The van der Waals surface area contributed by atoms with Crippen molar-refractivity contribution in [2.45, 2.75) is 27.3 Å². The Kier molecular flexibility index (Phi) is 2.70. The molecule has 1 aromatic heterocycles. The van der Waals surface area contributed by atoms with Crippen LogP contribution in [0.15, 0.2) is 12.4 Å². The first-order chi connectivity index (χ1) is 6.45. The molecule has 1 rings (SSSR count). The zero-order valence-corrected chi connectivity index (χ0v) is 8.61. The van der Waals surface area contributed by atoms with Gasteiger partial charge in [-0.25, -0.2) is 4.98 Å². The van der Waals surface area contributed by atoms with Gasteiger partial charge in [-0.3, -0.25) is 4.79 Å². The molecule has 0 aliphatic heterocycles. The first kappa shape index (κ1) is 10.5. The van der Waals surface area contributed by atoms with Crippen LogP contribution in [0.3, 0.4) is 0 Å². The van der Waals surface area contributed by atoms with Gasteiger partial charge in [0.25, 0.3) is 0 Å². The molecule has 0 unspecified atom stereocenters. The van der Waals surface area contributed by atoms with E-state index in [-0.39, 0.29) is 23.6 Å². The Bertz CT molecular complexity index is 379. The molecular weight excluding hydrogens is 178 g/mol. The van der Waals surface area contributed by atoms with E-state index in [1.807, 2.05) is 26.8 Å². The highest BCUT2D eigenvalue weighted by Crippen LogP contribution is 2.15. The van der Waals surface area contributed by atoms with E-state index in [1.54, 1.807) is 10.8 Å². The fourth-order valence-corrected chi connectivity index (χ4v) is 0.942. The monoisotopic (exact) mass is 191 g/mol. The number of aromatic nitrogens is 2. The van der Waals surface area contributed by atoms with Crippen LogP contribution in [0, 0.1) is 16.7 Å². The summed E-state index contributed by atoms with van der Waals surface area (Å²) in [7, 11) is 0. The standard InChI is InChI=1S/C10H13N3O/c1-10(2,3)8(14)7-13-5-4-12-9(13)6-11/h4-5H,7H2,1-3H3. The second-order valence-electron chi connectivity index (χ2n) is 4.16. The maximum absolute atomic E-state index is 11.6. The molecule has 1 heterocycles. The van der Waals surface area contributed by atoms with Gasteiger partial charge in [-0.1, -0.05) is 20.8 Å². The van der Waals surface area contributed by atoms with Crippen LogP contribution in [-0.2, 0) is 11.3 Å². The van der Waals surface area contributed by atoms with Gasteiger partial charge in [0.1, 0.15) is 6.07 Å². The van der Waals surface area contributed by atoms with Crippen LogP contribution >= 0.6 is 0 Å². The van der Waals surface area contributed by atoms with Crippen molar-refractivity contribution in [2.24, 2.45) is 5.41 Å². The maximum atomic E-state index is 11.6. The third kappa shape index (κ3) is 2.19. The molecule has 0 atom stereocenters. The predicted octanol–water partition coefficient (Wildman–Crippen LogP) is 1.37. The van der Waals surface area contributed by atoms with Crippen molar-refractivity contribution < 1.29 is 4.79 Å². The number of hydrogen-bond donors (Lipinski definition) is 0. The SMILES string of the molecule is CC(C)(C)C(=O)Cn1ccnc1C#N. The minimum atomic E-state index is -0.378.